The normalized spacial score (nSPS) is 21.6. The smallest absolute Gasteiger partial charge is 0.240 e. The zero-order valence-electron chi connectivity index (χ0n) is 12.2. The van der Waals surface area contributed by atoms with Gasteiger partial charge in [-0.1, -0.05) is 0 Å². The van der Waals surface area contributed by atoms with Crippen LogP contribution in [0.4, 0.5) is 10.1 Å². The number of nitrogens with zero attached hydrogens (tertiary/aromatic N) is 2. The highest BCUT2D eigenvalue weighted by atomic mass is 32.2. The lowest BCUT2D eigenvalue weighted by molar-refractivity contribution is 0.117. The van der Waals surface area contributed by atoms with Gasteiger partial charge in [0.05, 0.1) is 10.6 Å². The Morgan fingerprint density at radius 3 is 2.76 bits per heavy atom. The lowest BCUT2D eigenvalue weighted by Gasteiger charge is -2.37. The van der Waals surface area contributed by atoms with Crippen LogP contribution in [0.2, 0.25) is 0 Å². The molecule has 0 saturated carbocycles. The van der Waals surface area contributed by atoms with E-state index < -0.39 is 15.8 Å². The summed E-state index contributed by atoms with van der Waals surface area (Å²) in [5.41, 5.74) is 5.29. The van der Waals surface area contributed by atoms with Crippen molar-refractivity contribution in [2.24, 2.45) is 0 Å². The first-order valence-electron chi connectivity index (χ1n) is 6.73. The first-order valence-corrected chi connectivity index (χ1v) is 8.21. The SMILES string of the molecule is CN1CCN(C)C(CNS(=O)(=O)c2ccc(N)c(F)c2)C1. The predicted octanol–water partition coefficient (Wildman–Crippen LogP) is -0.0680. The third kappa shape index (κ3) is 3.91. The van der Waals surface area contributed by atoms with Gasteiger partial charge in [-0.05, 0) is 32.3 Å². The Bertz CT molecular complexity index is 608. The number of sulfonamides is 1. The summed E-state index contributed by atoms with van der Waals surface area (Å²) in [7, 11) is 0.240. The average molecular weight is 316 g/mol. The number of hydrogen-bond donors (Lipinski definition) is 2. The minimum atomic E-state index is -3.73. The second kappa shape index (κ2) is 6.27. The highest BCUT2D eigenvalue weighted by Gasteiger charge is 2.24. The van der Waals surface area contributed by atoms with Crippen LogP contribution in [-0.2, 0) is 10.0 Å². The third-order valence-electron chi connectivity index (χ3n) is 3.77. The number of anilines is 1. The molecule has 0 amide bonds. The molecule has 1 atom stereocenters. The third-order valence-corrected chi connectivity index (χ3v) is 5.19. The molecule has 0 radical (unpaired) electrons. The van der Waals surface area contributed by atoms with Crippen molar-refractivity contribution in [2.45, 2.75) is 10.9 Å². The Hall–Kier alpha value is -1.22. The largest absolute Gasteiger partial charge is 0.396 e. The van der Waals surface area contributed by atoms with Crippen LogP contribution < -0.4 is 10.5 Å². The summed E-state index contributed by atoms with van der Waals surface area (Å²) in [4.78, 5) is 4.16. The number of benzene rings is 1. The van der Waals surface area contributed by atoms with Gasteiger partial charge in [-0.25, -0.2) is 17.5 Å². The van der Waals surface area contributed by atoms with Gasteiger partial charge < -0.3 is 10.6 Å². The van der Waals surface area contributed by atoms with Gasteiger partial charge >= 0.3 is 0 Å². The minimum absolute atomic E-state index is 0.0670. The lowest BCUT2D eigenvalue weighted by Crippen LogP contribution is -2.54. The van der Waals surface area contributed by atoms with Crippen LogP contribution in [0.5, 0.6) is 0 Å². The fourth-order valence-corrected chi connectivity index (χ4v) is 3.37. The van der Waals surface area contributed by atoms with E-state index in [1.54, 1.807) is 0 Å². The molecule has 0 spiro atoms. The predicted molar refractivity (Wildman–Crippen MR) is 79.9 cm³/mol. The van der Waals surface area contributed by atoms with Gasteiger partial charge in [-0.3, -0.25) is 4.90 Å². The van der Waals surface area contributed by atoms with Crippen molar-refractivity contribution in [2.75, 3.05) is 46.0 Å². The Kier molecular flexibility index (Phi) is 4.82. The Morgan fingerprint density at radius 1 is 1.38 bits per heavy atom. The van der Waals surface area contributed by atoms with Crippen LogP contribution in [0.15, 0.2) is 23.1 Å². The van der Waals surface area contributed by atoms with E-state index in [2.05, 4.69) is 14.5 Å². The molecule has 0 bridgehead atoms. The van der Waals surface area contributed by atoms with Crippen LogP contribution in [-0.4, -0.2) is 64.5 Å². The van der Waals surface area contributed by atoms with Gasteiger partial charge in [-0.15, -0.1) is 0 Å². The summed E-state index contributed by atoms with van der Waals surface area (Å²) in [6.45, 7) is 2.92. The summed E-state index contributed by atoms with van der Waals surface area (Å²) < 4.78 is 40.3. The summed E-state index contributed by atoms with van der Waals surface area (Å²) in [5, 5.41) is 0. The number of rotatable bonds is 4. The Balaban J connectivity index is 2.05. The number of halogens is 1. The van der Waals surface area contributed by atoms with Crippen molar-refractivity contribution in [1.29, 1.82) is 0 Å². The summed E-state index contributed by atoms with van der Waals surface area (Å²) >= 11 is 0. The quantitative estimate of drug-likeness (QED) is 0.761. The number of likely N-dealkylation sites (N-methyl/N-ethyl adjacent to an activating group) is 2. The van der Waals surface area contributed by atoms with Crippen molar-refractivity contribution in [1.82, 2.24) is 14.5 Å². The molecule has 1 saturated heterocycles. The molecule has 0 aliphatic carbocycles. The number of nitrogens with two attached hydrogens (primary N) is 1. The van der Waals surface area contributed by atoms with E-state index in [4.69, 9.17) is 5.73 Å². The first kappa shape index (κ1) is 16.2. The molecule has 1 aliphatic heterocycles. The maximum Gasteiger partial charge on any atom is 0.240 e. The molecule has 8 heteroatoms. The molecule has 1 aromatic carbocycles. The van der Waals surface area contributed by atoms with Crippen LogP contribution in [0.3, 0.4) is 0 Å². The number of nitrogens with one attached hydrogen (secondary N) is 1. The first-order chi connectivity index (χ1) is 9.79. The standard InChI is InChI=1S/C13H21FN4O2S/c1-17-5-6-18(2)10(9-17)8-16-21(19,20)11-3-4-13(15)12(14)7-11/h3-4,7,10,16H,5-6,8-9,15H2,1-2H3. The van der Waals surface area contributed by atoms with Crippen molar-refractivity contribution in [3.63, 3.8) is 0 Å². The van der Waals surface area contributed by atoms with E-state index in [9.17, 15) is 12.8 Å². The van der Waals surface area contributed by atoms with E-state index in [1.165, 1.54) is 12.1 Å². The Morgan fingerprint density at radius 2 is 2.10 bits per heavy atom. The van der Waals surface area contributed by atoms with E-state index in [0.29, 0.717) is 0 Å². The van der Waals surface area contributed by atoms with E-state index in [-0.39, 0.29) is 23.2 Å². The van der Waals surface area contributed by atoms with E-state index >= 15 is 0 Å². The molecule has 6 nitrogen and oxygen atoms in total. The highest BCUT2D eigenvalue weighted by molar-refractivity contribution is 7.89. The monoisotopic (exact) mass is 316 g/mol. The van der Waals surface area contributed by atoms with Crippen molar-refractivity contribution in [3.05, 3.63) is 24.0 Å². The van der Waals surface area contributed by atoms with Crippen LogP contribution >= 0.6 is 0 Å². The van der Waals surface area contributed by atoms with Crippen molar-refractivity contribution in [3.8, 4) is 0 Å². The molecular formula is C13H21FN4O2S. The molecule has 1 fully saturated rings. The van der Waals surface area contributed by atoms with Crippen LogP contribution in [0.1, 0.15) is 0 Å². The molecule has 0 aromatic heterocycles. The van der Waals surface area contributed by atoms with Gasteiger partial charge in [0.15, 0.2) is 0 Å². The molecular weight excluding hydrogens is 295 g/mol. The van der Waals surface area contributed by atoms with Crippen LogP contribution in [0.25, 0.3) is 0 Å². The summed E-state index contributed by atoms with van der Waals surface area (Å²) in [6.07, 6.45) is 0. The molecule has 3 N–H and O–H groups in total. The van der Waals surface area contributed by atoms with Crippen LogP contribution in [0, 0.1) is 5.82 Å². The Labute approximate surface area is 124 Å². The summed E-state index contributed by atoms with van der Waals surface area (Å²) in [5.74, 6) is -0.729. The number of nitrogen functional groups attached to an aromatic ring is 1. The molecule has 1 heterocycles. The van der Waals surface area contributed by atoms with Gasteiger partial charge in [0, 0.05) is 32.2 Å². The average Bonchev–Trinajstić information content (AvgIpc) is 2.43. The molecule has 2 rings (SSSR count). The second-order valence-corrected chi connectivity index (χ2v) is 7.20. The fourth-order valence-electron chi connectivity index (χ4n) is 2.29. The van der Waals surface area contributed by atoms with Crippen molar-refractivity contribution >= 4 is 15.7 Å². The van der Waals surface area contributed by atoms with Crippen molar-refractivity contribution < 1.29 is 12.8 Å². The molecule has 1 aromatic rings. The molecule has 118 valence electrons. The zero-order valence-corrected chi connectivity index (χ0v) is 13.0. The highest BCUT2D eigenvalue weighted by Crippen LogP contribution is 2.16. The number of hydrogen-bond acceptors (Lipinski definition) is 5. The van der Waals surface area contributed by atoms with E-state index in [0.717, 1.165) is 25.7 Å². The van der Waals surface area contributed by atoms with E-state index in [1.807, 2.05) is 14.1 Å². The minimum Gasteiger partial charge on any atom is -0.396 e. The molecule has 1 aliphatic rings. The lowest BCUT2D eigenvalue weighted by atomic mass is 10.2. The number of piperazine rings is 1. The van der Waals surface area contributed by atoms with Gasteiger partial charge in [-0.2, -0.15) is 0 Å². The second-order valence-electron chi connectivity index (χ2n) is 5.43. The maximum atomic E-state index is 13.4. The van der Waals surface area contributed by atoms with Gasteiger partial charge in [0.25, 0.3) is 0 Å². The summed E-state index contributed by atoms with van der Waals surface area (Å²) in [6, 6.07) is 3.59. The topological polar surface area (TPSA) is 78.7 Å². The van der Waals surface area contributed by atoms with Gasteiger partial charge in [0.1, 0.15) is 5.82 Å². The molecule has 1 unspecified atom stereocenters. The zero-order chi connectivity index (χ0) is 15.6. The fraction of sp³-hybridized carbons (Fsp3) is 0.538. The maximum absolute atomic E-state index is 13.4. The van der Waals surface area contributed by atoms with Gasteiger partial charge in [0.2, 0.25) is 10.0 Å². The molecule has 21 heavy (non-hydrogen) atoms.